The quantitative estimate of drug-likeness (QED) is 0.244. The third-order valence-corrected chi connectivity index (χ3v) is 7.22. The number of thiazole rings is 1. The molecule has 32 heavy (non-hydrogen) atoms. The summed E-state index contributed by atoms with van der Waals surface area (Å²) in [6.07, 6.45) is 1.12. The van der Waals surface area contributed by atoms with Crippen LogP contribution in [0.5, 0.6) is 5.75 Å². The second kappa shape index (κ2) is 12.6. The van der Waals surface area contributed by atoms with Gasteiger partial charge in [0.1, 0.15) is 17.1 Å². The predicted octanol–water partition coefficient (Wildman–Crippen LogP) is 5.99. The molecule has 0 unspecified atom stereocenters. The van der Waals surface area contributed by atoms with Crippen molar-refractivity contribution < 1.29 is 13.9 Å². The molecule has 0 aliphatic rings. The van der Waals surface area contributed by atoms with Gasteiger partial charge in [0.2, 0.25) is 5.91 Å². The predicted molar refractivity (Wildman–Crippen MR) is 136 cm³/mol. The number of hydrogen-bond acceptors (Lipinski definition) is 6. The number of rotatable bonds is 10. The van der Waals surface area contributed by atoms with E-state index in [1.807, 2.05) is 19.0 Å². The first-order chi connectivity index (χ1) is 14.9. The van der Waals surface area contributed by atoms with Crippen LogP contribution in [0.3, 0.4) is 0 Å². The van der Waals surface area contributed by atoms with Crippen molar-refractivity contribution in [3.8, 4) is 5.75 Å². The summed E-state index contributed by atoms with van der Waals surface area (Å²) >= 11 is 9.38. The summed E-state index contributed by atoms with van der Waals surface area (Å²) in [7, 11) is 5.54. The van der Waals surface area contributed by atoms with Gasteiger partial charge >= 0.3 is 0 Å². The Bertz CT molecular complexity index is 1030. The van der Waals surface area contributed by atoms with Gasteiger partial charge in [0.25, 0.3) is 0 Å². The fourth-order valence-electron chi connectivity index (χ4n) is 2.93. The Balaban J connectivity index is 0.00000363. The van der Waals surface area contributed by atoms with E-state index < -0.39 is 0 Å². The number of thioether (sulfide) groups is 1. The van der Waals surface area contributed by atoms with Crippen molar-refractivity contribution in [3.63, 3.8) is 0 Å². The van der Waals surface area contributed by atoms with Crippen molar-refractivity contribution in [1.29, 1.82) is 0 Å². The molecule has 10 heteroatoms. The van der Waals surface area contributed by atoms with Gasteiger partial charge in [0.05, 0.1) is 16.8 Å². The lowest BCUT2D eigenvalue weighted by Gasteiger charge is -2.22. The summed E-state index contributed by atoms with van der Waals surface area (Å²) in [6, 6.07) is 9.97. The zero-order valence-electron chi connectivity index (χ0n) is 18.1. The summed E-state index contributed by atoms with van der Waals surface area (Å²) in [5, 5.41) is 1.22. The van der Waals surface area contributed by atoms with Crippen molar-refractivity contribution >= 4 is 68.4 Å². The van der Waals surface area contributed by atoms with Gasteiger partial charge < -0.3 is 9.64 Å². The fourth-order valence-corrected chi connectivity index (χ4v) is 5.08. The smallest absolute Gasteiger partial charge is 0.228 e. The monoisotopic (exact) mass is 517 g/mol. The second-order valence-electron chi connectivity index (χ2n) is 7.18. The molecule has 0 bridgehead atoms. The highest BCUT2D eigenvalue weighted by Gasteiger charge is 2.21. The average Bonchev–Trinajstić information content (AvgIpc) is 3.19. The number of amides is 1. The molecular weight excluding hydrogens is 492 g/mol. The van der Waals surface area contributed by atoms with Crippen LogP contribution in [0.2, 0.25) is 5.02 Å². The van der Waals surface area contributed by atoms with E-state index in [2.05, 4.69) is 4.98 Å². The molecule has 0 saturated carbocycles. The standard InChI is InChI=1S/C22H25ClFN3O2S2.ClH/c1-26(2)12-13-27(19(28)5-4-14-30-16-8-6-15(24)7-9-16)22-25-20-18(29-3)11-10-17(23)21(20)31-22;/h6-11H,4-5,12-14H2,1-3H3;1H. The maximum absolute atomic E-state index is 13.1. The molecule has 0 radical (unpaired) electrons. The van der Waals surface area contributed by atoms with Crippen molar-refractivity contribution in [1.82, 2.24) is 9.88 Å². The number of nitrogens with zero attached hydrogens (tertiary/aromatic N) is 3. The number of aromatic nitrogens is 1. The molecule has 0 aliphatic heterocycles. The van der Waals surface area contributed by atoms with E-state index in [4.69, 9.17) is 16.3 Å². The van der Waals surface area contributed by atoms with E-state index in [0.29, 0.717) is 40.8 Å². The third kappa shape index (κ3) is 6.96. The third-order valence-electron chi connectivity index (χ3n) is 4.59. The molecule has 0 saturated heterocycles. The van der Waals surface area contributed by atoms with Gasteiger partial charge in [0.15, 0.2) is 5.13 Å². The molecule has 0 fully saturated rings. The van der Waals surface area contributed by atoms with Gasteiger partial charge in [0, 0.05) is 24.4 Å². The Labute approximate surface area is 207 Å². The van der Waals surface area contributed by atoms with E-state index in [9.17, 15) is 9.18 Å². The normalized spacial score (nSPS) is 10.9. The average molecular weight is 519 g/mol. The lowest BCUT2D eigenvalue weighted by molar-refractivity contribution is -0.118. The van der Waals surface area contributed by atoms with E-state index in [0.717, 1.165) is 21.9 Å². The summed E-state index contributed by atoms with van der Waals surface area (Å²) < 4.78 is 19.2. The number of carbonyl (C=O) groups is 1. The Morgan fingerprint density at radius 3 is 2.56 bits per heavy atom. The number of anilines is 1. The minimum Gasteiger partial charge on any atom is -0.494 e. The second-order valence-corrected chi connectivity index (χ2v) is 9.73. The van der Waals surface area contributed by atoms with Gasteiger partial charge in [-0.15, -0.1) is 24.2 Å². The van der Waals surface area contributed by atoms with Crippen LogP contribution in [0.25, 0.3) is 10.2 Å². The maximum Gasteiger partial charge on any atom is 0.228 e. The molecule has 0 spiro atoms. The number of fused-ring (bicyclic) bond motifs is 1. The minimum atomic E-state index is -0.247. The Kier molecular flexibility index (Phi) is 10.5. The highest BCUT2D eigenvalue weighted by molar-refractivity contribution is 7.99. The van der Waals surface area contributed by atoms with Crippen molar-refractivity contribution in [2.24, 2.45) is 0 Å². The largest absolute Gasteiger partial charge is 0.494 e. The SMILES string of the molecule is COc1ccc(Cl)c2sc(N(CCN(C)C)C(=O)CCCSc3ccc(F)cc3)nc12.Cl. The molecular formula is C22H26Cl2FN3O2S2. The highest BCUT2D eigenvalue weighted by Crippen LogP contribution is 2.38. The molecule has 5 nitrogen and oxygen atoms in total. The topological polar surface area (TPSA) is 45.7 Å². The van der Waals surface area contributed by atoms with Crippen molar-refractivity contribution in [3.05, 3.63) is 47.2 Å². The van der Waals surface area contributed by atoms with Crippen LogP contribution < -0.4 is 9.64 Å². The van der Waals surface area contributed by atoms with Gasteiger partial charge in [-0.3, -0.25) is 9.69 Å². The van der Waals surface area contributed by atoms with Crippen LogP contribution in [0.1, 0.15) is 12.8 Å². The molecule has 3 aromatic rings. The lowest BCUT2D eigenvalue weighted by atomic mass is 10.3. The molecule has 0 aliphatic carbocycles. The van der Waals surface area contributed by atoms with Gasteiger partial charge in [-0.05, 0) is 62.7 Å². The van der Waals surface area contributed by atoms with Crippen LogP contribution >= 0.6 is 47.1 Å². The Morgan fingerprint density at radius 1 is 1.19 bits per heavy atom. The first-order valence-corrected chi connectivity index (χ1v) is 12.0. The minimum absolute atomic E-state index is 0. The van der Waals surface area contributed by atoms with E-state index in [1.165, 1.54) is 23.5 Å². The Morgan fingerprint density at radius 2 is 1.91 bits per heavy atom. The van der Waals surface area contributed by atoms with Crippen molar-refractivity contribution in [2.45, 2.75) is 17.7 Å². The number of carbonyl (C=O) groups excluding carboxylic acids is 1. The molecule has 174 valence electrons. The first kappa shape index (κ1) is 26.7. The number of ether oxygens (including phenoxy) is 1. The fraction of sp³-hybridized carbons (Fsp3) is 0.364. The van der Waals surface area contributed by atoms with Crippen LogP contribution in [0, 0.1) is 5.82 Å². The number of hydrogen-bond donors (Lipinski definition) is 0. The van der Waals surface area contributed by atoms with Crippen LogP contribution in [0.4, 0.5) is 9.52 Å². The molecule has 1 aromatic heterocycles. The zero-order valence-corrected chi connectivity index (χ0v) is 21.3. The number of halogens is 3. The molecule has 0 atom stereocenters. The maximum atomic E-state index is 13.1. The summed E-state index contributed by atoms with van der Waals surface area (Å²) in [5.41, 5.74) is 0.671. The van der Waals surface area contributed by atoms with Gasteiger partial charge in [-0.25, -0.2) is 9.37 Å². The van der Waals surface area contributed by atoms with Gasteiger partial charge in [-0.2, -0.15) is 0 Å². The zero-order chi connectivity index (χ0) is 22.4. The summed E-state index contributed by atoms with van der Waals surface area (Å²) in [6.45, 7) is 1.26. The summed E-state index contributed by atoms with van der Waals surface area (Å²) in [5.74, 6) is 1.19. The van der Waals surface area contributed by atoms with E-state index in [-0.39, 0.29) is 24.1 Å². The van der Waals surface area contributed by atoms with E-state index >= 15 is 0 Å². The summed E-state index contributed by atoms with van der Waals surface area (Å²) in [4.78, 5) is 22.5. The first-order valence-electron chi connectivity index (χ1n) is 9.85. The highest BCUT2D eigenvalue weighted by atomic mass is 35.5. The molecule has 0 N–H and O–H groups in total. The van der Waals surface area contributed by atoms with Crippen LogP contribution in [-0.2, 0) is 4.79 Å². The molecule has 2 aromatic carbocycles. The molecule has 3 rings (SSSR count). The number of likely N-dealkylation sites (N-methyl/N-ethyl adjacent to an activating group) is 1. The number of benzene rings is 2. The van der Waals surface area contributed by atoms with E-state index in [1.54, 1.807) is 48.0 Å². The van der Waals surface area contributed by atoms with Crippen molar-refractivity contribution in [2.75, 3.05) is 44.9 Å². The van der Waals surface area contributed by atoms with Crippen LogP contribution in [-0.4, -0.2) is 55.8 Å². The lowest BCUT2D eigenvalue weighted by Crippen LogP contribution is -2.36. The van der Waals surface area contributed by atoms with Crippen LogP contribution in [0.15, 0.2) is 41.3 Å². The molecule has 1 amide bonds. The van der Waals surface area contributed by atoms with Gasteiger partial charge in [-0.1, -0.05) is 22.9 Å². The molecule has 1 heterocycles. The number of methoxy groups -OCH3 is 1. The Hall–Kier alpha value is -1.58.